The second kappa shape index (κ2) is 12.4. The molecule has 0 saturated heterocycles. The third kappa shape index (κ3) is 5.45. The van der Waals surface area contributed by atoms with Gasteiger partial charge in [-0.2, -0.15) is 0 Å². The predicted octanol–water partition coefficient (Wildman–Crippen LogP) is 8.74. The first-order chi connectivity index (χ1) is 22.0. The van der Waals surface area contributed by atoms with Gasteiger partial charge in [0.2, 0.25) is 0 Å². The van der Waals surface area contributed by atoms with Crippen LogP contribution < -0.4 is 9.47 Å². The van der Waals surface area contributed by atoms with Crippen LogP contribution in [0.15, 0.2) is 107 Å². The largest absolute Gasteiger partial charge is 0.490 e. The lowest BCUT2D eigenvalue weighted by Crippen LogP contribution is -2.38. The SMILES string of the molecule is CCOc1cc(C2C3=C(CCCC3=O)N(Cc3ccccc3)C3=C2C(=O)CCC3)ccc1OCc1c(C)ccc2ccccc12. The molecule has 2 aliphatic carbocycles. The number of hydrogen-bond donors (Lipinski definition) is 0. The van der Waals surface area contributed by atoms with Gasteiger partial charge in [-0.25, -0.2) is 0 Å². The van der Waals surface area contributed by atoms with Gasteiger partial charge < -0.3 is 14.4 Å². The molecule has 45 heavy (non-hydrogen) atoms. The fourth-order valence-corrected chi connectivity index (χ4v) is 7.38. The van der Waals surface area contributed by atoms with Crippen LogP contribution >= 0.6 is 0 Å². The van der Waals surface area contributed by atoms with Gasteiger partial charge >= 0.3 is 0 Å². The summed E-state index contributed by atoms with van der Waals surface area (Å²) in [6.45, 7) is 5.62. The second-order valence-electron chi connectivity index (χ2n) is 12.3. The summed E-state index contributed by atoms with van der Waals surface area (Å²) in [5.41, 5.74) is 8.15. The van der Waals surface area contributed by atoms with Crippen molar-refractivity contribution in [1.82, 2.24) is 4.90 Å². The van der Waals surface area contributed by atoms with Crippen molar-refractivity contribution in [3.63, 3.8) is 0 Å². The lowest BCUT2D eigenvalue weighted by atomic mass is 9.71. The molecule has 4 aromatic rings. The van der Waals surface area contributed by atoms with E-state index < -0.39 is 5.92 Å². The van der Waals surface area contributed by atoms with Gasteiger partial charge in [-0.05, 0) is 79.1 Å². The number of rotatable bonds is 8. The first-order valence-corrected chi connectivity index (χ1v) is 16.2. The minimum atomic E-state index is -0.392. The summed E-state index contributed by atoms with van der Waals surface area (Å²) in [5, 5.41) is 2.36. The van der Waals surface area contributed by atoms with E-state index in [0.29, 0.717) is 44.1 Å². The highest BCUT2D eigenvalue weighted by Gasteiger charge is 2.43. The molecule has 4 aromatic carbocycles. The number of allylic oxidation sites excluding steroid dienone is 4. The number of hydrogen-bond acceptors (Lipinski definition) is 5. The zero-order valence-corrected chi connectivity index (χ0v) is 26.1. The van der Waals surface area contributed by atoms with Gasteiger partial charge in [0.25, 0.3) is 0 Å². The molecule has 0 amide bonds. The summed E-state index contributed by atoms with van der Waals surface area (Å²) >= 11 is 0. The highest BCUT2D eigenvalue weighted by Crippen LogP contribution is 2.50. The van der Waals surface area contributed by atoms with Crippen molar-refractivity contribution in [2.45, 2.75) is 71.4 Å². The van der Waals surface area contributed by atoms with Crippen LogP contribution in [0.1, 0.15) is 73.6 Å². The minimum absolute atomic E-state index is 0.147. The molecule has 0 aromatic heterocycles. The summed E-state index contributed by atoms with van der Waals surface area (Å²) in [7, 11) is 0. The lowest BCUT2D eigenvalue weighted by molar-refractivity contribution is -0.117. The number of ether oxygens (including phenoxy) is 2. The van der Waals surface area contributed by atoms with Crippen LogP contribution in [-0.4, -0.2) is 23.1 Å². The van der Waals surface area contributed by atoms with Crippen molar-refractivity contribution in [3.8, 4) is 11.5 Å². The molecule has 228 valence electrons. The summed E-state index contributed by atoms with van der Waals surface area (Å²) in [6, 6.07) is 29.0. The molecule has 7 rings (SSSR count). The van der Waals surface area contributed by atoms with Crippen molar-refractivity contribution in [2.24, 2.45) is 0 Å². The Balaban J connectivity index is 1.29. The average molecular weight is 598 g/mol. The van der Waals surface area contributed by atoms with E-state index in [4.69, 9.17) is 9.47 Å². The molecular weight excluding hydrogens is 558 g/mol. The molecule has 0 bridgehead atoms. The standard InChI is InChI=1S/C40H39NO4/c1-3-44-37-23-29(21-22-36(37)45-25-31-26(2)19-20-28-13-7-8-14-30(28)31)38-39-32(15-9-17-34(39)42)41(24-27-11-5-4-6-12-27)33-16-10-18-35(43)40(33)38/h4-8,11-14,19-23,38H,3,9-10,15-18,24-25H2,1-2H3. The topological polar surface area (TPSA) is 55.8 Å². The summed E-state index contributed by atoms with van der Waals surface area (Å²) in [6.07, 6.45) is 4.34. The van der Waals surface area contributed by atoms with E-state index >= 15 is 0 Å². The maximum atomic E-state index is 13.8. The van der Waals surface area contributed by atoms with Crippen LogP contribution in [0.2, 0.25) is 0 Å². The Labute approximate surface area is 265 Å². The normalized spacial score (nSPS) is 17.1. The van der Waals surface area contributed by atoms with Crippen LogP contribution in [0, 0.1) is 6.92 Å². The van der Waals surface area contributed by atoms with E-state index in [-0.39, 0.29) is 11.6 Å². The summed E-state index contributed by atoms with van der Waals surface area (Å²) < 4.78 is 12.6. The van der Waals surface area contributed by atoms with Gasteiger partial charge in [-0.15, -0.1) is 0 Å². The molecule has 0 spiro atoms. The first kappa shape index (κ1) is 29.1. The molecule has 1 heterocycles. The van der Waals surface area contributed by atoms with Crippen molar-refractivity contribution >= 4 is 22.3 Å². The number of aryl methyl sites for hydroxylation is 1. The highest BCUT2D eigenvalue weighted by molar-refractivity contribution is 6.06. The number of nitrogens with zero attached hydrogens (tertiary/aromatic N) is 1. The summed E-state index contributed by atoms with van der Waals surface area (Å²) in [4.78, 5) is 29.9. The molecule has 1 aliphatic heterocycles. The Bertz CT molecular complexity index is 1810. The van der Waals surface area contributed by atoms with E-state index in [1.54, 1.807) is 0 Å². The fraction of sp³-hybridized carbons (Fsp3) is 0.300. The molecule has 0 atom stereocenters. The predicted molar refractivity (Wildman–Crippen MR) is 177 cm³/mol. The Kier molecular flexibility index (Phi) is 8.01. The summed E-state index contributed by atoms with van der Waals surface area (Å²) in [5.74, 6) is 1.19. The zero-order chi connectivity index (χ0) is 30.9. The van der Waals surface area contributed by atoms with Crippen LogP contribution in [0.5, 0.6) is 11.5 Å². The van der Waals surface area contributed by atoms with Gasteiger partial charge in [0, 0.05) is 53.4 Å². The van der Waals surface area contributed by atoms with Gasteiger partial charge in [-0.3, -0.25) is 9.59 Å². The maximum absolute atomic E-state index is 13.8. The van der Waals surface area contributed by atoms with Crippen LogP contribution in [0.3, 0.4) is 0 Å². The Morgan fingerprint density at radius 2 is 1.42 bits per heavy atom. The molecule has 0 fully saturated rings. The van der Waals surface area contributed by atoms with E-state index in [1.807, 2.05) is 43.3 Å². The third-order valence-corrected chi connectivity index (χ3v) is 9.52. The van der Waals surface area contributed by atoms with Crippen LogP contribution in [0.4, 0.5) is 0 Å². The molecular formula is C40H39NO4. The highest BCUT2D eigenvalue weighted by atomic mass is 16.5. The van der Waals surface area contributed by atoms with Crippen molar-refractivity contribution in [2.75, 3.05) is 6.61 Å². The zero-order valence-electron chi connectivity index (χ0n) is 26.1. The van der Waals surface area contributed by atoms with E-state index in [1.165, 1.54) is 21.9 Å². The monoisotopic (exact) mass is 597 g/mol. The smallest absolute Gasteiger partial charge is 0.161 e. The molecule has 3 aliphatic rings. The van der Waals surface area contributed by atoms with Crippen LogP contribution in [0.25, 0.3) is 10.8 Å². The molecule has 0 radical (unpaired) electrons. The molecule has 0 saturated carbocycles. The van der Waals surface area contributed by atoms with E-state index in [2.05, 4.69) is 60.4 Å². The Morgan fingerprint density at radius 1 is 0.733 bits per heavy atom. The van der Waals surface area contributed by atoms with Gasteiger partial charge in [0.1, 0.15) is 6.61 Å². The molecule has 5 heteroatoms. The molecule has 5 nitrogen and oxygen atoms in total. The Morgan fingerprint density at radius 3 is 2.13 bits per heavy atom. The number of ketones is 2. The fourth-order valence-electron chi connectivity index (χ4n) is 7.38. The van der Waals surface area contributed by atoms with E-state index in [0.717, 1.165) is 59.4 Å². The number of Topliss-reactive ketones (excluding diaryl/α,β-unsaturated/α-hetero) is 2. The van der Waals surface area contributed by atoms with E-state index in [9.17, 15) is 9.59 Å². The quantitative estimate of drug-likeness (QED) is 0.203. The average Bonchev–Trinajstić information content (AvgIpc) is 3.06. The number of carbonyl (C=O) groups excluding carboxylic acids is 2. The minimum Gasteiger partial charge on any atom is -0.490 e. The van der Waals surface area contributed by atoms with Gasteiger partial charge in [-0.1, -0.05) is 72.8 Å². The van der Waals surface area contributed by atoms with Crippen molar-refractivity contribution in [3.05, 3.63) is 130 Å². The Hall–Kier alpha value is -4.64. The second-order valence-corrected chi connectivity index (χ2v) is 12.3. The third-order valence-electron chi connectivity index (χ3n) is 9.52. The van der Waals surface area contributed by atoms with Crippen LogP contribution in [-0.2, 0) is 22.7 Å². The lowest BCUT2D eigenvalue weighted by Gasteiger charge is -2.44. The van der Waals surface area contributed by atoms with Gasteiger partial charge in [0.05, 0.1) is 6.61 Å². The number of benzene rings is 4. The van der Waals surface area contributed by atoms with Crippen molar-refractivity contribution < 1.29 is 19.1 Å². The number of carbonyl (C=O) groups is 2. The van der Waals surface area contributed by atoms with Gasteiger partial charge in [0.15, 0.2) is 23.1 Å². The molecule has 0 unspecified atom stereocenters. The first-order valence-electron chi connectivity index (χ1n) is 16.2. The number of fused-ring (bicyclic) bond motifs is 1. The van der Waals surface area contributed by atoms with Crippen molar-refractivity contribution in [1.29, 1.82) is 0 Å². The molecule has 0 N–H and O–H groups in total. The maximum Gasteiger partial charge on any atom is 0.161 e.